The van der Waals surface area contributed by atoms with Gasteiger partial charge in [0.15, 0.2) is 0 Å². The highest BCUT2D eigenvalue weighted by atomic mass is 79.9. The zero-order valence-electron chi connectivity index (χ0n) is 11.2. The molecule has 20 heavy (non-hydrogen) atoms. The molecule has 0 aliphatic carbocycles. The fourth-order valence-electron chi connectivity index (χ4n) is 2.35. The molecular formula is C14H18BrClN2O2. The van der Waals surface area contributed by atoms with Gasteiger partial charge in [0, 0.05) is 36.2 Å². The number of carbonyl (C=O) groups is 1. The van der Waals surface area contributed by atoms with Crippen LogP contribution in [0.25, 0.3) is 0 Å². The highest BCUT2D eigenvalue weighted by Gasteiger charge is 2.20. The van der Waals surface area contributed by atoms with Crippen LogP contribution in [0.15, 0.2) is 22.7 Å². The molecule has 0 spiro atoms. The summed E-state index contributed by atoms with van der Waals surface area (Å²) in [5.41, 5.74) is 0.619. The largest absolute Gasteiger partial charge is 0.395 e. The van der Waals surface area contributed by atoms with E-state index in [1.807, 2.05) is 4.90 Å². The van der Waals surface area contributed by atoms with Crippen molar-refractivity contribution in [1.82, 2.24) is 9.80 Å². The van der Waals surface area contributed by atoms with Crippen molar-refractivity contribution in [2.75, 3.05) is 39.3 Å². The van der Waals surface area contributed by atoms with Crippen LogP contribution in [0.3, 0.4) is 0 Å². The average molecular weight is 362 g/mol. The lowest BCUT2D eigenvalue weighted by Crippen LogP contribution is -2.35. The van der Waals surface area contributed by atoms with Crippen molar-refractivity contribution in [3.63, 3.8) is 0 Å². The van der Waals surface area contributed by atoms with Gasteiger partial charge in [-0.25, -0.2) is 0 Å². The van der Waals surface area contributed by atoms with Gasteiger partial charge < -0.3 is 10.0 Å². The number of aliphatic hydroxyl groups excluding tert-OH is 1. The van der Waals surface area contributed by atoms with Crippen molar-refractivity contribution >= 4 is 33.4 Å². The minimum atomic E-state index is 0.0187. The number of halogens is 2. The highest BCUT2D eigenvalue weighted by molar-refractivity contribution is 9.10. The second-order valence-electron chi connectivity index (χ2n) is 4.84. The normalized spacial score (nSPS) is 17.1. The average Bonchev–Trinajstić information content (AvgIpc) is 2.67. The Morgan fingerprint density at radius 3 is 2.80 bits per heavy atom. The van der Waals surface area contributed by atoms with Crippen LogP contribution in [0.1, 0.15) is 16.8 Å². The number of nitrogens with zero attached hydrogens (tertiary/aromatic N) is 2. The molecule has 4 nitrogen and oxygen atoms in total. The molecule has 1 amide bonds. The van der Waals surface area contributed by atoms with E-state index < -0.39 is 0 Å². The molecule has 1 saturated heterocycles. The Hall–Kier alpha value is -0.620. The van der Waals surface area contributed by atoms with Gasteiger partial charge in [-0.2, -0.15) is 0 Å². The maximum atomic E-state index is 12.5. The molecular weight excluding hydrogens is 344 g/mol. The molecule has 2 rings (SSSR count). The van der Waals surface area contributed by atoms with Crippen molar-refractivity contribution in [2.24, 2.45) is 0 Å². The van der Waals surface area contributed by atoms with E-state index in [9.17, 15) is 4.79 Å². The third-order valence-electron chi connectivity index (χ3n) is 3.46. The summed E-state index contributed by atoms with van der Waals surface area (Å²) in [5, 5.41) is 9.53. The Labute approximate surface area is 132 Å². The summed E-state index contributed by atoms with van der Waals surface area (Å²) in [6.07, 6.45) is 0.927. The molecule has 1 fully saturated rings. The first kappa shape index (κ1) is 15.8. The molecule has 1 heterocycles. The van der Waals surface area contributed by atoms with E-state index in [0.29, 0.717) is 23.7 Å². The van der Waals surface area contributed by atoms with Gasteiger partial charge in [-0.05, 0) is 47.1 Å². The van der Waals surface area contributed by atoms with Gasteiger partial charge in [0.1, 0.15) is 0 Å². The number of hydrogen-bond donors (Lipinski definition) is 1. The van der Waals surface area contributed by atoms with Crippen molar-refractivity contribution < 1.29 is 9.90 Å². The first-order chi connectivity index (χ1) is 9.61. The van der Waals surface area contributed by atoms with Gasteiger partial charge in [0.05, 0.1) is 11.6 Å². The first-order valence-electron chi connectivity index (χ1n) is 6.69. The lowest BCUT2D eigenvalue weighted by Gasteiger charge is -2.21. The molecule has 1 aliphatic heterocycles. The molecule has 1 aliphatic rings. The summed E-state index contributed by atoms with van der Waals surface area (Å²) in [4.78, 5) is 16.5. The SMILES string of the molecule is O=C(c1ccc(Br)c(Cl)c1)N1CCCN(CCO)CC1. The summed E-state index contributed by atoms with van der Waals surface area (Å²) in [6, 6.07) is 5.28. The smallest absolute Gasteiger partial charge is 0.253 e. The molecule has 0 unspecified atom stereocenters. The van der Waals surface area contributed by atoms with Crippen molar-refractivity contribution in [3.05, 3.63) is 33.3 Å². The molecule has 0 aromatic heterocycles. The van der Waals surface area contributed by atoms with Crippen LogP contribution in [0.4, 0.5) is 0 Å². The topological polar surface area (TPSA) is 43.8 Å². The fourth-order valence-corrected chi connectivity index (χ4v) is 2.78. The maximum absolute atomic E-state index is 12.5. The summed E-state index contributed by atoms with van der Waals surface area (Å²) in [5.74, 6) is 0.0187. The molecule has 1 aromatic rings. The third kappa shape index (κ3) is 3.95. The van der Waals surface area contributed by atoms with E-state index in [0.717, 1.165) is 30.5 Å². The van der Waals surface area contributed by atoms with Gasteiger partial charge >= 0.3 is 0 Å². The van der Waals surface area contributed by atoms with E-state index >= 15 is 0 Å². The molecule has 6 heteroatoms. The number of hydrogen-bond acceptors (Lipinski definition) is 3. The van der Waals surface area contributed by atoms with Crippen molar-refractivity contribution in [3.8, 4) is 0 Å². The van der Waals surface area contributed by atoms with Gasteiger partial charge in [0.2, 0.25) is 0 Å². The lowest BCUT2D eigenvalue weighted by molar-refractivity contribution is 0.0760. The molecule has 1 N–H and O–H groups in total. The van der Waals surface area contributed by atoms with Gasteiger partial charge in [-0.1, -0.05) is 11.6 Å². The Kier molecular flexibility index (Phi) is 5.84. The number of β-amino-alcohol motifs (C(OH)–C–C–N with tert-alkyl or cyclic N) is 1. The predicted molar refractivity (Wildman–Crippen MR) is 83.2 cm³/mol. The zero-order chi connectivity index (χ0) is 14.5. The Morgan fingerprint density at radius 1 is 1.30 bits per heavy atom. The molecule has 110 valence electrons. The van der Waals surface area contributed by atoms with Crippen LogP contribution >= 0.6 is 27.5 Å². The summed E-state index contributed by atoms with van der Waals surface area (Å²) >= 11 is 9.36. The highest BCUT2D eigenvalue weighted by Crippen LogP contribution is 2.24. The molecule has 1 aromatic carbocycles. The predicted octanol–water partition coefficient (Wildman–Crippen LogP) is 2.24. The second kappa shape index (κ2) is 7.41. The summed E-state index contributed by atoms with van der Waals surface area (Å²) in [6.45, 7) is 3.99. The quantitative estimate of drug-likeness (QED) is 0.898. The van der Waals surface area contributed by atoms with Crippen LogP contribution in [0, 0.1) is 0 Å². The van der Waals surface area contributed by atoms with Crippen LogP contribution in [0.2, 0.25) is 5.02 Å². The number of carbonyl (C=O) groups excluding carboxylic acids is 1. The second-order valence-corrected chi connectivity index (χ2v) is 6.10. The standard InChI is InChI=1S/C14H18BrClN2O2/c15-12-3-2-11(10-13(12)16)14(20)18-5-1-4-17(6-7-18)8-9-19/h2-3,10,19H,1,4-9H2. The van der Waals surface area contributed by atoms with Crippen LogP contribution < -0.4 is 0 Å². The zero-order valence-corrected chi connectivity index (χ0v) is 13.5. The van der Waals surface area contributed by atoms with Crippen LogP contribution in [-0.2, 0) is 0 Å². The van der Waals surface area contributed by atoms with Crippen LogP contribution in [-0.4, -0.2) is 60.1 Å². The molecule has 0 saturated carbocycles. The van der Waals surface area contributed by atoms with E-state index in [1.165, 1.54) is 0 Å². The maximum Gasteiger partial charge on any atom is 0.253 e. The Morgan fingerprint density at radius 2 is 2.10 bits per heavy atom. The Bertz CT molecular complexity index is 484. The van der Waals surface area contributed by atoms with E-state index in [4.69, 9.17) is 16.7 Å². The molecule has 0 atom stereocenters. The van der Waals surface area contributed by atoms with Gasteiger partial charge in [-0.15, -0.1) is 0 Å². The fraction of sp³-hybridized carbons (Fsp3) is 0.500. The summed E-state index contributed by atoms with van der Waals surface area (Å²) < 4.78 is 0.792. The van der Waals surface area contributed by atoms with E-state index in [1.54, 1.807) is 18.2 Å². The minimum absolute atomic E-state index is 0.0187. The minimum Gasteiger partial charge on any atom is -0.395 e. The lowest BCUT2D eigenvalue weighted by atomic mass is 10.2. The van der Waals surface area contributed by atoms with Crippen molar-refractivity contribution in [2.45, 2.75) is 6.42 Å². The Balaban J connectivity index is 2.03. The molecule has 0 bridgehead atoms. The van der Waals surface area contributed by atoms with Crippen molar-refractivity contribution in [1.29, 1.82) is 0 Å². The first-order valence-corrected chi connectivity index (χ1v) is 7.86. The van der Waals surface area contributed by atoms with Gasteiger partial charge in [-0.3, -0.25) is 9.69 Å². The monoisotopic (exact) mass is 360 g/mol. The van der Waals surface area contributed by atoms with Crippen LogP contribution in [0.5, 0.6) is 0 Å². The van der Waals surface area contributed by atoms with E-state index in [-0.39, 0.29) is 12.5 Å². The summed E-state index contributed by atoms with van der Waals surface area (Å²) in [7, 11) is 0. The van der Waals surface area contributed by atoms with E-state index in [2.05, 4.69) is 20.8 Å². The number of aliphatic hydroxyl groups is 1. The number of amides is 1. The molecule has 0 radical (unpaired) electrons. The van der Waals surface area contributed by atoms with Gasteiger partial charge in [0.25, 0.3) is 5.91 Å². The number of benzene rings is 1. The third-order valence-corrected chi connectivity index (χ3v) is 4.69. The number of rotatable bonds is 3.